The van der Waals surface area contributed by atoms with Crippen molar-refractivity contribution in [2.45, 2.75) is 0 Å². The van der Waals surface area contributed by atoms with Crippen LogP contribution in [0.3, 0.4) is 0 Å². The van der Waals surface area contributed by atoms with E-state index in [0.717, 1.165) is 11.0 Å². The van der Waals surface area contributed by atoms with Gasteiger partial charge in [0.25, 0.3) is 0 Å². The Morgan fingerprint density at radius 3 is 2.38 bits per heavy atom. The molecule has 2 rings (SSSR count). The summed E-state index contributed by atoms with van der Waals surface area (Å²) in [5.41, 5.74) is 7.17. The summed E-state index contributed by atoms with van der Waals surface area (Å²) >= 11 is 0. The van der Waals surface area contributed by atoms with E-state index in [1.165, 1.54) is 0 Å². The predicted octanol–water partition coefficient (Wildman–Crippen LogP) is -4.78. The van der Waals surface area contributed by atoms with Crippen LogP contribution in [0.5, 0.6) is 0 Å². The van der Waals surface area contributed by atoms with Crippen LogP contribution in [0.2, 0.25) is 0 Å². The Kier molecular flexibility index (Phi) is 5.48. The van der Waals surface area contributed by atoms with Gasteiger partial charge in [-0.15, -0.1) is 0 Å². The van der Waals surface area contributed by atoms with Crippen molar-refractivity contribution in [3.05, 3.63) is 30.5 Å². The second-order valence-electron chi connectivity index (χ2n) is 2.28. The van der Waals surface area contributed by atoms with Crippen molar-refractivity contribution in [1.29, 1.82) is 0 Å². The Morgan fingerprint density at radius 2 is 1.69 bits per heavy atom. The smallest absolute Gasteiger partial charge is 1.00 e. The molecule has 2 aromatic rings. The largest absolute Gasteiger partial charge is 1.00 e. The molecule has 1 aromatic carbocycles. The van der Waals surface area contributed by atoms with Crippen LogP contribution in [0.25, 0.3) is 11.0 Å². The van der Waals surface area contributed by atoms with Crippen molar-refractivity contribution in [3.8, 4) is 0 Å². The summed E-state index contributed by atoms with van der Waals surface area (Å²) in [7, 11) is 0. The number of rotatable bonds is 0. The second kappa shape index (κ2) is 5.54. The molecule has 0 aliphatic carbocycles. The maximum absolute atomic E-state index is 5.45. The minimum atomic E-state index is 0. The molecule has 0 amide bonds. The number of nitrogens with zero attached hydrogens (tertiary/aromatic N) is 2. The van der Waals surface area contributed by atoms with E-state index >= 15 is 0 Å². The first-order chi connectivity index (χ1) is 5.36. The van der Waals surface area contributed by atoms with Gasteiger partial charge in [0.2, 0.25) is 0 Å². The molecule has 0 aliphatic rings. The van der Waals surface area contributed by atoms with Gasteiger partial charge < -0.3 is 22.7 Å². The Labute approximate surface area is 109 Å². The summed E-state index contributed by atoms with van der Waals surface area (Å²) in [5, 5.41) is 0. The second-order valence-corrected chi connectivity index (χ2v) is 2.28. The van der Waals surface area contributed by atoms with Gasteiger partial charge in [-0.25, -0.2) is 4.98 Å². The van der Waals surface area contributed by atoms with Crippen molar-refractivity contribution in [3.63, 3.8) is 0 Å². The first-order valence-electron chi connectivity index (χ1n) is 3.33. The fourth-order valence-electron chi connectivity index (χ4n) is 0.972. The van der Waals surface area contributed by atoms with Gasteiger partial charge in [-0.2, -0.15) is 0 Å². The fourth-order valence-corrected chi connectivity index (χ4v) is 0.972. The molecule has 0 unspecified atom stereocenters. The zero-order valence-corrected chi connectivity index (χ0v) is 10.8. The summed E-state index contributed by atoms with van der Waals surface area (Å²) in [6, 6.07) is 7.63. The third-order valence-corrected chi connectivity index (χ3v) is 1.47. The molecular weight excluding hydrogens is 241 g/mol. The van der Waals surface area contributed by atoms with Gasteiger partial charge in [-0.05, 0) is 12.1 Å². The number of fused-ring (bicyclic) bond motifs is 1. The average Bonchev–Trinajstić information content (AvgIpc) is 2.04. The average molecular weight is 248 g/mol. The van der Waals surface area contributed by atoms with E-state index in [1.54, 1.807) is 6.20 Å². The number of nitrogens with two attached hydrogens (primary N) is 1. The number of hydrogen-bond donors (Lipinski definition) is 1. The van der Waals surface area contributed by atoms with Gasteiger partial charge >= 0.3 is 29.6 Å². The number of nitrogen functional groups attached to an aromatic ring is 1. The maximum Gasteiger partial charge on any atom is 1.00 e. The molecule has 1 heterocycles. The van der Waals surface area contributed by atoms with E-state index in [4.69, 9.17) is 5.73 Å². The topological polar surface area (TPSA) is 51.8 Å². The zero-order valence-electron chi connectivity index (χ0n) is 7.24. The van der Waals surface area contributed by atoms with Gasteiger partial charge in [0.15, 0.2) is 0 Å². The first-order valence-corrected chi connectivity index (χ1v) is 3.33. The number of benzene rings is 1. The molecule has 0 radical (unpaired) electrons. The molecule has 0 bridgehead atoms. The van der Waals surface area contributed by atoms with Crippen molar-refractivity contribution in [2.24, 2.45) is 0 Å². The maximum atomic E-state index is 5.45. The van der Waals surface area contributed by atoms with Gasteiger partial charge in [0.05, 0.1) is 17.2 Å². The minimum absolute atomic E-state index is 0. The first kappa shape index (κ1) is 12.8. The van der Waals surface area contributed by atoms with E-state index in [0.29, 0.717) is 5.82 Å². The van der Waals surface area contributed by atoms with Gasteiger partial charge in [-0.3, -0.25) is 4.98 Å². The van der Waals surface area contributed by atoms with E-state index in [1.807, 2.05) is 24.3 Å². The van der Waals surface area contributed by atoms with E-state index in [9.17, 15) is 0 Å². The molecule has 0 atom stereocenters. The Bertz CT molecular complexity index is 394. The normalized spacial score (nSPS) is 8.62. The van der Waals surface area contributed by atoms with Crippen LogP contribution in [0.15, 0.2) is 30.5 Å². The third kappa shape index (κ3) is 2.91. The molecule has 62 valence electrons. The van der Waals surface area contributed by atoms with Gasteiger partial charge in [0, 0.05) is 0 Å². The van der Waals surface area contributed by atoms with Crippen LogP contribution in [0.1, 0.15) is 0 Å². The van der Waals surface area contributed by atoms with E-state index < -0.39 is 0 Å². The molecule has 5 heteroatoms. The van der Waals surface area contributed by atoms with Crippen molar-refractivity contribution >= 4 is 16.9 Å². The molecule has 0 saturated carbocycles. The van der Waals surface area contributed by atoms with Crippen LogP contribution in [-0.2, 0) is 0 Å². The van der Waals surface area contributed by atoms with Crippen LogP contribution in [0.4, 0.5) is 5.82 Å². The Morgan fingerprint density at radius 1 is 1.08 bits per heavy atom. The molecule has 3 nitrogen and oxygen atoms in total. The molecule has 0 saturated heterocycles. The minimum Gasteiger partial charge on any atom is -1.00 e. The molecular formula is C8H7BrN3Na. The van der Waals surface area contributed by atoms with Gasteiger partial charge in [-0.1, -0.05) is 12.1 Å². The molecule has 0 fully saturated rings. The molecule has 13 heavy (non-hydrogen) atoms. The van der Waals surface area contributed by atoms with Crippen molar-refractivity contribution in [1.82, 2.24) is 9.97 Å². The fraction of sp³-hybridized carbons (Fsp3) is 0. The summed E-state index contributed by atoms with van der Waals surface area (Å²) in [5.74, 6) is 0.462. The Balaban J connectivity index is 0.000000720. The number of para-hydroxylation sites is 2. The number of halogens is 1. The molecule has 2 N–H and O–H groups in total. The van der Waals surface area contributed by atoms with E-state index in [-0.39, 0.29) is 46.5 Å². The summed E-state index contributed by atoms with van der Waals surface area (Å²) < 4.78 is 0. The molecule has 1 aromatic heterocycles. The third-order valence-electron chi connectivity index (χ3n) is 1.47. The van der Waals surface area contributed by atoms with Gasteiger partial charge in [0.1, 0.15) is 5.82 Å². The van der Waals surface area contributed by atoms with Crippen LogP contribution in [-0.4, -0.2) is 9.97 Å². The summed E-state index contributed by atoms with van der Waals surface area (Å²) in [6.45, 7) is 0. The molecule has 0 spiro atoms. The molecule has 0 aliphatic heterocycles. The monoisotopic (exact) mass is 247 g/mol. The number of hydrogen-bond acceptors (Lipinski definition) is 3. The standard InChI is InChI=1S/C8H7N3.BrH.Na/c9-8-5-10-6-3-1-2-4-7(6)11-8;;/h1-5H,(H2,9,11);1H;/q;;+1/p-1. The number of anilines is 1. The van der Waals surface area contributed by atoms with E-state index in [2.05, 4.69) is 9.97 Å². The number of aromatic nitrogens is 2. The predicted molar refractivity (Wildman–Crippen MR) is 44.0 cm³/mol. The summed E-state index contributed by atoms with van der Waals surface area (Å²) in [6.07, 6.45) is 1.56. The zero-order chi connectivity index (χ0) is 7.68. The van der Waals surface area contributed by atoms with Crippen LogP contribution in [0, 0.1) is 0 Å². The van der Waals surface area contributed by atoms with Crippen molar-refractivity contribution < 1.29 is 46.5 Å². The van der Waals surface area contributed by atoms with Crippen molar-refractivity contribution in [2.75, 3.05) is 5.73 Å². The quantitative estimate of drug-likeness (QED) is 0.476. The van der Waals surface area contributed by atoms with Crippen LogP contribution < -0.4 is 52.3 Å². The Hall–Kier alpha value is -0.160. The van der Waals surface area contributed by atoms with Crippen LogP contribution >= 0.6 is 0 Å². The summed E-state index contributed by atoms with van der Waals surface area (Å²) in [4.78, 5) is 8.18. The SMILES string of the molecule is Nc1cnc2ccccc2n1.[Br-].[Na+].